The third kappa shape index (κ3) is 2.73. The van der Waals surface area contributed by atoms with Crippen molar-refractivity contribution in [3.8, 4) is 0 Å². The molecule has 4 aliphatic rings. The maximum atomic E-state index is 13.4. The Balaban J connectivity index is 1.32. The van der Waals surface area contributed by atoms with E-state index in [9.17, 15) is 9.90 Å². The maximum absolute atomic E-state index is 13.4. The third-order valence-corrected chi connectivity index (χ3v) is 8.19. The van der Waals surface area contributed by atoms with Crippen LogP contribution in [0.2, 0.25) is 0 Å². The van der Waals surface area contributed by atoms with Crippen molar-refractivity contribution >= 4 is 28.4 Å². The standard InChI is InChI=1S/C23H26N8O2/c1-12-3-18-25-11-26-30(18)10-16(12)27-21-24-9-17-20(28-21)31(22(32)29(17)2)19-14-4-13-5-15(19)8-23(33,6-13)7-14/h3,9-11,13-15,19,33H,4-8H2,1-2H3,(H,24,27,28)/t13?,14-,15+,19?,23?. The lowest BCUT2D eigenvalue weighted by molar-refractivity contribution is -0.146. The third-order valence-electron chi connectivity index (χ3n) is 8.19. The second-order valence-electron chi connectivity index (χ2n) is 10.4. The first kappa shape index (κ1) is 19.2. The van der Waals surface area contributed by atoms with Gasteiger partial charge in [-0.25, -0.2) is 19.3 Å². The second kappa shape index (κ2) is 6.40. The number of nitrogens with zero attached hydrogens (tertiary/aromatic N) is 7. The van der Waals surface area contributed by atoms with E-state index in [1.165, 1.54) is 6.33 Å². The fourth-order valence-corrected chi connectivity index (χ4v) is 7.05. The predicted octanol–water partition coefficient (Wildman–Crippen LogP) is 2.34. The summed E-state index contributed by atoms with van der Waals surface area (Å²) in [6.07, 6.45) is 9.74. The quantitative estimate of drug-likeness (QED) is 0.496. The van der Waals surface area contributed by atoms with E-state index >= 15 is 0 Å². The van der Waals surface area contributed by atoms with Crippen LogP contribution in [-0.2, 0) is 7.05 Å². The molecule has 3 unspecified atom stereocenters. The van der Waals surface area contributed by atoms with Gasteiger partial charge in [-0.15, -0.1) is 0 Å². The van der Waals surface area contributed by atoms with Gasteiger partial charge in [-0.3, -0.25) is 9.13 Å². The molecule has 4 saturated carbocycles. The van der Waals surface area contributed by atoms with E-state index in [-0.39, 0.29) is 11.7 Å². The molecule has 0 spiro atoms. The molecule has 2 N–H and O–H groups in total. The van der Waals surface area contributed by atoms with Crippen LogP contribution >= 0.6 is 0 Å². The number of hydrogen-bond donors (Lipinski definition) is 2. The summed E-state index contributed by atoms with van der Waals surface area (Å²) in [6, 6.07) is 2.03. The molecule has 8 rings (SSSR count). The number of rotatable bonds is 3. The lowest BCUT2D eigenvalue weighted by Gasteiger charge is -2.58. The summed E-state index contributed by atoms with van der Waals surface area (Å²) in [4.78, 5) is 26.9. The zero-order valence-corrected chi connectivity index (χ0v) is 18.6. The summed E-state index contributed by atoms with van der Waals surface area (Å²) in [7, 11) is 1.78. The molecule has 0 aliphatic heterocycles. The second-order valence-corrected chi connectivity index (χ2v) is 10.4. The van der Waals surface area contributed by atoms with Crippen LogP contribution in [0.5, 0.6) is 0 Å². The molecule has 170 valence electrons. The number of hydrogen-bond acceptors (Lipinski definition) is 7. The van der Waals surface area contributed by atoms with Gasteiger partial charge in [-0.2, -0.15) is 10.1 Å². The molecule has 4 fully saturated rings. The van der Waals surface area contributed by atoms with E-state index in [4.69, 9.17) is 4.98 Å². The van der Waals surface area contributed by atoms with Crippen molar-refractivity contribution in [2.24, 2.45) is 24.8 Å². The van der Waals surface area contributed by atoms with Crippen LogP contribution in [0, 0.1) is 24.7 Å². The van der Waals surface area contributed by atoms with Crippen molar-refractivity contribution in [2.45, 2.75) is 50.7 Å². The average molecular weight is 447 g/mol. The summed E-state index contributed by atoms with van der Waals surface area (Å²) in [5, 5.41) is 18.5. The summed E-state index contributed by atoms with van der Waals surface area (Å²) in [5.41, 5.74) is 3.38. The zero-order chi connectivity index (χ0) is 22.5. The monoisotopic (exact) mass is 446 g/mol. The lowest BCUT2D eigenvalue weighted by atomic mass is 9.52. The van der Waals surface area contributed by atoms with E-state index < -0.39 is 5.60 Å². The fraction of sp³-hybridized carbons (Fsp3) is 0.522. The van der Waals surface area contributed by atoms with Crippen LogP contribution < -0.4 is 11.0 Å². The average Bonchev–Trinajstić information content (AvgIpc) is 3.30. The van der Waals surface area contributed by atoms with Gasteiger partial charge in [-0.1, -0.05) is 0 Å². The lowest BCUT2D eigenvalue weighted by Crippen LogP contribution is -2.56. The number of aryl methyl sites for hydroxylation is 2. The minimum Gasteiger partial charge on any atom is -0.390 e. The number of pyridine rings is 1. The van der Waals surface area contributed by atoms with Crippen molar-refractivity contribution < 1.29 is 5.11 Å². The number of nitrogens with one attached hydrogen (secondary N) is 1. The first-order valence-corrected chi connectivity index (χ1v) is 11.6. The Morgan fingerprint density at radius 2 is 1.97 bits per heavy atom. The normalized spacial score (nSPS) is 30.5. The Bertz CT molecular complexity index is 1470. The Kier molecular flexibility index (Phi) is 3.73. The number of anilines is 2. The Labute approximate surface area is 189 Å². The van der Waals surface area contributed by atoms with Crippen molar-refractivity contribution in [3.63, 3.8) is 0 Å². The molecule has 0 aromatic carbocycles. The van der Waals surface area contributed by atoms with Gasteiger partial charge in [0, 0.05) is 13.1 Å². The van der Waals surface area contributed by atoms with Crippen molar-refractivity contribution in [1.29, 1.82) is 0 Å². The number of aromatic nitrogens is 7. The molecule has 33 heavy (non-hydrogen) atoms. The van der Waals surface area contributed by atoms with E-state index in [2.05, 4.69) is 20.4 Å². The van der Waals surface area contributed by atoms with E-state index in [0.29, 0.717) is 29.3 Å². The molecule has 0 radical (unpaired) electrons. The molecule has 4 aromatic heterocycles. The molecule has 0 amide bonds. The topological polar surface area (TPSA) is 115 Å². The highest BCUT2D eigenvalue weighted by Crippen LogP contribution is 2.59. The van der Waals surface area contributed by atoms with Crippen LogP contribution in [0.25, 0.3) is 16.8 Å². The summed E-state index contributed by atoms with van der Waals surface area (Å²) in [6.45, 7) is 1.99. The summed E-state index contributed by atoms with van der Waals surface area (Å²) >= 11 is 0. The summed E-state index contributed by atoms with van der Waals surface area (Å²) in [5.74, 6) is 1.64. The molecule has 10 heteroatoms. The molecule has 0 saturated heterocycles. The van der Waals surface area contributed by atoms with Crippen LogP contribution in [0.15, 0.2) is 29.6 Å². The SMILES string of the molecule is Cc1cc2ncnn2cc1Nc1ncc2c(n1)n(C1[C@@H]3CC4C[C@H]1CC(O)(C4)C3)c(=O)n2C. The molecular weight excluding hydrogens is 420 g/mol. The largest absolute Gasteiger partial charge is 0.390 e. The van der Waals surface area contributed by atoms with Gasteiger partial charge >= 0.3 is 5.69 Å². The molecule has 4 aromatic rings. The highest BCUT2D eigenvalue weighted by Gasteiger charge is 2.56. The van der Waals surface area contributed by atoms with Crippen LogP contribution in [0.3, 0.4) is 0 Å². The molecule has 4 bridgehead atoms. The van der Waals surface area contributed by atoms with Gasteiger partial charge in [0.15, 0.2) is 11.3 Å². The highest BCUT2D eigenvalue weighted by molar-refractivity contribution is 5.73. The zero-order valence-electron chi connectivity index (χ0n) is 18.6. The van der Waals surface area contributed by atoms with Gasteiger partial charge in [-0.05, 0) is 68.4 Å². The van der Waals surface area contributed by atoms with Crippen LogP contribution in [-0.4, -0.2) is 44.4 Å². The maximum Gasteiger partial charge on any atom is 0.330 e. The molecule has 4 aliphatic carbocycles. The first-order chi connectivity index (χ1) is 15.9. The number of aliphatic hydroxyl groups is 1. The molecule has 10 nitrogen and oxygen atoms in total. The Morgan fingerprint density at radius 3 is 2.73 bits per heavy atom. The van der Waals surface area contributed by atoms with Gasteiger partial charge in [0.2, 0.25) is 5.95 Å². The molecular formula is C23H26N8O2. The minimum absolute atomic E-state index is 0.0545. The van der Waals surface area contributed by atoms with E-state index in [0.717, 1.165) is 54.5 Å². The first-order valence-electron chi connectivity index (χ1n) is 11.6. The minimum atomic E-state index is -0.541. The van der Waals surface area contributed by atoms with Crippen molar-refractivity contribution in [3.05, 3.63) is 40.8 Å². The number of fused-ring (bicyclic) bond motifs is 2. The molecule has 4 heterocycles. The number of imidazole rings is 1. The Hall–Kier alpha value is -3.27. The van der Waals surface area contributed by atoms with Crippen molar-refractivity contribution in [2.75, 3.05) is 5.32 Å². The fourth-order valence-electron chi connectivity index (χ4n) is 7.05. The molecule has 5 atom stereocenters. The van der Waals surface area contributed by atoms with Crippen LogP contribution in [0.1, 0.15) is 43.7 Å². The van der Waals surface area contributed by atoms with Gasteiger partial charge in [0.25, 0.3) is 0 Å². The van der Waals surface area contributed by atoms with E-state index in [1.807, 2.05) is 23.8 Å². The highest BCUT2D eigenvalue weighted by atomic mass is 16.3. The van der Waals surface area contributed by atoms with E-state index in [1.54, 1.807) is 22.3 Å². The van der Waals surface area contributed by atoms with Crippen LogP contribution in [0.4, 0.5) is 11.6 Å². The summed E-state index contributed by atoms with van der Waals surface area (Å²) < 4.78 is 5.24. The smallest absolute Gasteiger partial charge is 0.330 e. The predicted molar refractivity (Wildman–Crippen MR) is 121 cm³/mol. The van der Waals surface area contributed by atoms with Gasteiger partial charge in [0.05, 0.1) is 23.7 Å². The Morgan fingerprint density at radius 1 is 1.18 bits per heavy atom. The van der Waals surface area contributed by atoms with Gasteiger partial charge in [0.1, 0.15) is 11.8 Å². The van der Waals surface area contributed by atoms with Gasteiger partial charge < -0.3 is 10.4 Å². The van der Waals surface area contributed by atoms with Crippen molar-refractivity contribution in [1.82, 2.24) is 33.7 Å².